The molecular weight excluding hydrogens is 282 g/mol. The molecule has 1 saturated heterocycles. The maximum absolute atomic E-state index is 12.1. The molecule has 1 rings (SSSR count). The van der Waals surface area contributed by atoms with E-state index in [1.165, 1.54) is 12.8 Å². The van der Waals surface area contributed by atoms with Gasteiger partial charge in [0.05, 0.1) is 6.04 Å². The molecular formula is C13H28ClN3OS. The molecule has 0 radical (unpaired) electrons. The van der Waals surface area contributed by atoms with E-state index in [2.05, 4.69) is 11.9 Å². The lowest BCUT2D eigenvalue weighted by Crippen LogP contribution is -2.45. The van der Waals surface area contributed by atoms with Gasteiger partial charge in [-0.25, -0.2) is 0 Å². The highest BCUT2D eigenvalue weighted by Crippen LogP contribution is 2.17. The van der Waals surface area contributed by atoms with Gasteiger partial charge in [-0.05, 0) is 57.3 Å². The summed E-state index contributed by atoms with van der Waals surface area (Å²) in [6, 6.07) is -0.325. The van der Waals surface area contributed by atoms with Crippen molar-refractivity contribution in [3.8, 4) is 0 Å². The summed E-state index contributed by atoms with van der Waals surface area (Å²) >= 11 is 1.74. The Labute approximate surface area is 127 Å². The number of likely N-dealkylation sites (tertiary alicyclic amines) is 1. The van der Waals surface area contributed by atoms with Gasteiger partial charge in [-0.1, -0.05) is 0 Å². The van der Waals surface area contributed by atoms with E-state index in [-0.39, 0.29) is 24.4 Å². The minimum absolute atomic E-state index is 0. The first-order chi connectivity index (χ1) is 8.54. The number of thioether (sulfide) groups is 1. The van der Waals surface area contributed by atoms with E-state index >= 15 is 0 Å². The lowest BCUT2D eigenvalue weighted by molar-refractivity contribution is -0.132. The van der Waals surface area contributed by atoms with Gasteiger partial charge in [-0.15, -0.1) is 12.4 Å². The number of hydrogen-bond donors (Lipinski definition) is 1. The van der Waals surface area contributed by atoms with Gasteiger partial charge in [-0.2, -0.15) is 11.8 Å². The first-order valence-electron chi connectivity index (χ1n) is 6.72. The number of likely N-dealkylation sites (N-methyl/N-ethyl adjacent to an activating group) is 1. The van der Waals surface area contributed by atoms with Crippen molar-refractivity contribution in [3.63, 3.8) is 0 Å². The largest absolute Gasteiger partial charge is 0.344 e. The van der Waals surface area contributed by atoms with Crippen molar-refractivity contribution in [1.82, 2.24) is 9.80 Å². The molecule has 1 aliphatic rings. The van der Waals surface area contributed by atoms with Gasteiger partial charge < -0.3 is 15.5 Å². The van der Waals surface area contributed by atoms with Crippen LogP contribution in [0.5, 0.6) is 0 Å². The van der Waals surface area contributed by atoms with Gasteiger partial charge in [0.1, 0.15) is 0 Å². The first kappa shape index (κ1) is 19.0. The van der Waals surface area contributed by atoms with Crippen LogP contribution in [-0.2, 0) is 4.79 Å². The fourth-order valence-corrected chi connectivity index (χ4v) is 2.86. The second-order valence-corrected chi connectivity index (χ2v) is 6.34. The van der Waals surface area contributed by atoms with Gasteiger partial charge in [0.15, 0.2) is 0 Å². The molecule has 0 bridgehead atoms. The van der Waals surface area contributed by atoms with E-state index in [1.54, 1.807) is 11.8 Å². The highest BCUT2D eigenvalue weighted by atomic mass is 35.5. The third-order valence-electron chi connectivity index (χ3n) is 3.70. The summed E-state index contributed by atoms with van der Waals surface area (Å²) in [4.78, 5) is 16.3. The van der Waals surface area contributed by atoms with E-state index in [0.29, 0.717) is 5.92 Å². The molecule has 1 fully saturated rings. The number of piperidine rings is 1. The molecule has 0 unspecified atom stereocenters. The summed E-state index contributed by atoms with van der Waals surface area (Å²) in [6.07, 6.45) is 5.19. The van der Waals surface area contributed by atoms with Crippen LogP contribution in [0.25, 0.3) is 0 Å². The fraction of sp³-hybridized carbons (Fsp3) is 0.923. The maximum atomic E-state index is 12.1. The molecule has 0 saturated carbocycles. The molecule has 1 aliphatic heterocycles. The average Bonchev–Trinajstić information content (AvgIpc) is 2.37. The molecule has 19 heavy (non-hydrogen) atoms. The standard InChI is InChI=1S/C13H27N3OS.ClH/c1-15-7-4-11(5-8-15)10-16(2)13(17)12(14)6-9-18-3;/h11-12H,4-10,14H2,1-3H3;1H/t12-;/m0./s1. The van der Waals surface area contributed by atoms with Crippen LogP contribution in [0.4, 0.5) is 0 Å². The third kappa shape index (κ3) is 6.84. The molecule has 1 atom stereocenters. The monoisotopic (exact) mass is 309 g/mol. The number of hydrogen-bond acceptors (Lipinski definition) is 4. The molecule has 1 heterocycles. The van der Waals surface area contributed by atoms with Crippen molar-refractivity contribution >= 4 is 30.1 Å². The Hall–Kier alpha value is 0.0300. The molecule has 4 nitrogen and oxygen atoms in total. The molecule has 2 N–H and O–H groups in total. The second kappa shape index (κ2) is 9.86. The Kier molecular flexibility index (Phi) is 9.87. The number of amides is 1. The lowest BCUT2D eigenvalue weighted by Gasteiger charge is -2.32. The first-order valence-corrected chi connectivity index (χ1v) is 8.12. The SMILES string of the molecule is CSCC[C@H](N)C(=O)N(C)CC1CCN(C)CC1.Cl. The van der Waals surface area contributed by atoms with Gasteiger partial charge in [-0.3, -0.25) is 4.79 Å². The minimum Gasteiger partial charge on any atom is -0.344 e. The van der Waals surface area contributed by atoms with E-state index in [4.69, 9.17) is 5.73 Å². The van der Waals surface area contributed by atoms with Crippen LogP contribution in [0.1, 0.15) is 19.3 Å². The highest BCUT2D eigenvalue weighted by molar-refractivity contribution is 7.98. The maximum Gasteiger partial charge on any atom is 0.239 e. The summed E-state index contributed by atoms with van der Waals surface area (Å²) < 4.78 is 0. The average molecular weight is 310 g/mol. The van der Waals surface area contributed by atoms with Crippen molar-refractivity contribution < 1.29 is 4.79 Å². The van der Waals surface area contributed by atoms with Crippen molar-refractivity contribution in [2.24, 2.45) is 11.7 Å². The molecule has 0 aliphatic carbocycles. The van der Waals surface area contributed by atoms with Crippen molar-refractivity contribution in [2.45, 2.75) is 25.3 Å². The van der Waals surface area contributed by atoms with Crippen molar-refractivity contribution in [1.29, 1.82) is 0 Å². The molecule has 1 amide bonds. The Morgan fingerprint density at radius 3 is 2.58 bits per heavy atom. The highest BCUT2D eigenvalue weighted by Gasteiger charge is 2.23. The Balaban J connectivity index is 0.00000324. The molecule has 0 aromatic rings. The smallest absolute Gasteiger partial charge is 0.239 e. The lowest BCUT2D eigenvalue weighted by atomic mass is 9.96. The number of halogens is 1. The Bertz CT molecular complexity index is 260. The minimum atomic E-state index is -0.325. The molecule has 6 heteroatoms. The molecule has 114 valence electrons. The fourth-order valence-electron chi connectivity index (χ4n) is 2.37. The second-order valence-electron chi connectivity index (χ2n) is 5.35. The molecule has 0 aromatic heterocycles. The van der Waals surface area contributed by atoms with Crippen LogP contribution in [0.15, 0.2) is 0 Å². The van der Waals surface area contributed by atoms with Crippen LogP contribution in [0, 0.1) is 5.92 Å². The van der Waals surface area contributed by atoms with Gasteiger partial charge in [0.2, 0.25) is 5.91 Å². The summed E-state index contributed by atoms with van der Waals surface area (Å²) in [7, 11) is 4.04. The van der Waals surface area contributed by atoms with E-state index in [0.717, 1.165) is 31.8 Å². The number of nitrogens with two attached hydrogens (primary N) is 1. The Morgan fingerprint density at radius 1 is 1.47 bits per heavy atom. The predicted octanol–water partition coefficient (Wildman–Crippen LogP) is 1.29. The zero-order valence-corrected chi connectivity index (χ0v) is 13.9. The summed E-state index contributed by atoms with van der Waals surface area (Å²) in [5.74, 6) is 1.69. The van der Waals surface area contributed by atoms with Crippen LogP contribution in [0.2, 0.25) is 0 Å². The van der Waals surface area contributed by atoms with Crippen LogP contribution in [0.3, 0.4) is 0 Å². The summed E-state index contributed by atoms with van der Waals surface area (Å²) in [6.45, 7) is 3.15. The molecule has 0 aromatic carbocycles. The zero-order valence-electron chi connectivity index (χ0n) is 12.3. The number of rotatable bonds is 6. The van der Waals surface area contributed by atoms with Crippen LogP contribution in [-0.4, -0.2) is 67.5 Å². The quantitative estimate of drug-likeness (QED) is 0.803. The number of nitrogens with zero attached hydrogens (tertiary/aromatic N) is 2. The zero-order chi connectivity index (χ0) is 13.5. The van der Waals surface area contributed by atoms with Crippen LogP contribution < -0.4 is 5.73 Å². The number of carbonyl (C=O) groups excluding carboxylic acids is 1. The summed E-state index contributed by atoms with van der Waals surface area (Å²) in [5.41, 5.74) is 5.92. The van der Waals surface area contributed by atoms with Gasteiger partial charge in [0.25, 0.3) is 0 Å². The van der Waals surface area contributed by atoms with E-state index in [1.807, 2.05) is 18.2 Å². The van der Waals surface area contributed by atoms with Crippen molar-refractivity contribution in [2.75, 3.05) is 45.7 Å². The normalized spacial score (nSPS) is 18.7. The third-order valence-corrected chi connectivity index (χ3v) is 4.34. The van der Waals surface area contributed by atoms with Gasteiger partial charge in [0, 0.05) is 13.6 Å². The van der Waals surface area contributed by atoms with E-state index < -0.39 is 0 Å². The molecule has 0 spiro atoms. The topological polar surface area (TPSA) is 49.6 Å². The number of carbonyl (C=O) groups is 1. The van der Waals surface area contributed by atoms with Gasteiger partial charge >= 0.3 is 0 Å². The Morgan fingerprint density at radius 2 is 2.05 bits per heavy atom. The van der Waals surface area contributed by atoms with Crippen molar-refractivity contribution in [3.05, 3.63) is 0 Å². The predicted molar refractivity (Wildman–Crippen MR) is 86.1 cm³/mol. The summed E-state index contributed by atoms with van der Waals surface area (Å²) in [5, 5.41) is 0. The van der Waals surface area contributed by atoms with Crippen LogP contribution >= 0.6 is 24.2 Å². The van der Waals surface area contributed by atoms with E-state index in [9.17, 15) is 4.79 Å².